The number of aromatic nitrogens is 5. The number of carbonyl (C=O) groups excluding carboxylic acids is 1. The van der Waals surface area contributed by atoms with Crippen LogP contribution in [0.15, 0.2) is 36.9 Å². The van der Waals surface area contributed by atoms with Gasteiger partial charge in [0, 0.05) is 37.3 Å². The number of piperidine rings is 1. The van der Waals surface area contributed by atoms with Crippen LogP contribution in [0.5, 0.6) is 0 Å². The molecule has 4 aromatic rings. The van der Waals surface area contributed by atoms with E-state index >= 15 is 0 Å². The average molecular weight is 469 g/mol. The predicted molar refractivity (Wildman–Crippen MR) is 121 cm³/mol. The van der Waals surface area contributed by atoms with Gasteiger partial charge in [-0.25, -0.2) is 15.0 Å². The Hall–Kier alpha value is -3.76. The van der Waals surface area contributed by atoms with Gasteiger partial charge < -0.3 is 15.2 Å². The molecule has 0 unspecified atom stereocenters. The second-order valence-corrected chi connectivity index (χ2v) is 8.33. The van der Waals surface area contributed by atoms with Crippen LogP contribution >= 0.6 is 0 Å². The van der Waals surface area contributed by atoms with Crippen molar-refractivity contribution < 1.29 is 18.0 Å². The van der Waals surface area contributed by atoms with E-state index in [9.17, 15) is 18.0 Å². The first-order valence-corrected chi connectivity index (χ1v) is 11.0. The number of rotatable bonds is 3. The van der Waals surface area contributed by atoms with Gasteiger partial charge in [0.15, 0.2) is 0 Å². The zero-order valence-electron chi connectivity index (χ0n) is 18.4. The van der Waals surface area contributed by atoms with Gasteiger partial charge in [-0.05, 0) is 31.0 Å². The van der Waals surface area contributed by atoms with Gasteiger partial charge in [0.05, 0.1) is 34.8 Å². The van der Waals surface area contributed by atoms with E-state index in [1.165, 1.54) is 6.20 Å². The lowest BCUT2D eigenvalue weighted by Gasteiger charge is -2.32. The summed E-state index contributed by atoms with van der Waals surface area (Å²) in [6.07, 6.45) is 2.11. The van der Waals surface area contributed by atoms with Crippen LogP contribution in [0.2, 0.25) is 0 Å². The number of amides is 1. The number of hydrogen-bond acceptors (Lipinski definition) is 6. The molecule has 0 saturated carbocycles. The summed E-state index contributed by atoms with van der Waals surface area (Å²) < 4.78 is 42.1. The molecule has 5 rings (SSSR count). The van der Waals surface area contributed by atoms with Crippen LogP contribution in [0.25, 0.3) is 33.3 Å². The van der Waals surface area contributed by atoms with Crippen LogP contribution in [0.3, 0.4) is 0 Å². The molecule has 1 aliphatic rings. The largest absolute Gasteiger partial charge is 0.419 e. The lowest BCUT2D eigenvalue weighted by Crippen LogP contribution is -2.38. The number of nitrogen functional groups attached to an aromatic ring is 1. The highest BCUT2D eigenvalue weighted by Gasteiger charge is 2.34. The molecule has 0 atom stereocenters. The summed E-state index contributed by atoms with van der Waals surface area (Å²) in [4.78, 5) is 31.2. The van der Waals surface area contributed by atoms with Crippen molar-refractivity contribution in [1.82, 2.24) is 29.4 Å². The molecule has 8 nitrogen and oxygen atoms in total. The molecule has 34 heavy (non-hydrogen) atoms. The molecule has 4 aromatic heterocycles. The summed E-state index contributed by atoms with van der Waals surface area (Å²) in [5.74, 6) is -0.433. The van der Waals surface area contributed by atoms with Crippen LogP contribution in [0.1, 0.15) is 37.8 Å². The van der Waals surface area contributed by atoms with E-state index in [0.717, 1.165) is 24.4 Å². The second-order valence-electron chi connectivity index (χ2n) is 8.33. The average Bonchev–Trinajstić information content (AvgIpc) is 3.27. The number of halogens is 3. The SMILES string of the molecule is CCC(=O)N1CCC(n2cnc3cnc4ccc(-c5cnc(N)c(C(F)(F)F)c5)nc4c32)CC1. The van der Waals surface area contributed by atoms with E-state index in [2.05, 4.69) is 19.9 Å². The van der Waals surface area contributed by atoms with Crippen molar-refractivity contribution >= 4 is 33.8 Å². The molecule has 11 heteroatoms. The zero-order chi connectivity index (χ0) is 24.0. The molecule has 1 aliphatic heterocycles. The molecule has 5 heterocycles. The first-order valence-electron chi connectivity index (χ1n) is 11.0. The third kappa shape index (κ3) is 3.80. The highest BCUT2D eigenvalue weighted by atomic mass is 19.4. The van der Waals surface area contributed by atoms with E-state index in [1.807, 2.05) is 16.4 Å². The molecule has 0 radical (unpaired) electrons. The minimum atomic E-state index is -4.62. The highest BCUT2D eigenvalue weighted by molar-refractivity contribution is 6.00. The minimum Gasteiger partial charge on any atom is -0.383 e. The van der Waals surface area contributed by atoms with Crippen LogP contribution in [-0.4, -0.2) is 48.4 Å². The van der Waals surface area contributed by atoms with Gasteiger partial charge in [-0.15, -0.1) is 0 Å². The zero-order valence-corrected chi connectivity index (χ0v) is 18.4. The lowest BCUT2D eigenvalue weighted by atomic mass is 10.0. The number of nitrogens with two attached hydrogens (primary N) is 1. The normalized spacial score (nSPS) is 15.4. The second kappa shape index (κ2) is 8.23. The highest BCUT2D eigenvalue weighted by Crippen LogP contribution is 2.36. The third-order valence-corrected chi connectivity index (χ3v) is 6.28. The predicted octanol–water partition coefficient (Wildman–Crippen LogP) is 4.22. The maximum absolute atomic E-state index is 13.3. The van der Waals surface area contributed by atoms with E-state index in [0.29, 0.717) is 41.8 Å². The number of imidazole rings is 1. The minimum absolute atomic E-state index is 0.122. The van der Waals surface area contributed by atoms with Gasteiger partial charge in [0.2, 0.25) is 5.91 Å². The standard InChI is InChI=1S/C23H22F3N7O/c1-2-19(34)32-7-5-14(6-8-32)33-12-30-18-11-28-17-4-3-16(31-20(17)21(18)33)13-9-15(23(24,25)26)22(27)29-10-13/h3-4,9-12,14H,2,5-8H2,1H3,(H2,27,29). The first-order chi connectivity index (χ1) is 16.3. The molecular formula is C23H22F3N7O. The molecule has 1 saturated heterocycles. The van der Waals surface area contributed by atoms with Crippen molar-refractivity contribution in [3.63, 3.8) is 0 Å². The fourth-order valence-electron chi connectivity index (χ4n) is 4.47. The Morgan fingerprint density at radius 2 is 1.88 bits per heavy atom. The molecule has 176 valence electrons. The summed E-state index contributed by atoms with van der Waals surface area (Å²) in [6.45, 7) is 3.18. The van der Waals surface area contributed by atoms with Crippen molar-refractivity contribution in [2.24, 2.45) is 0 Å². The maximum Gasteiger partial charge on any atom is 0.419 e. The van der Waals surface area contributed by atoms with E-state index in [1.54, 1.807) is 24.7 Å². The Balaban J connectivity index is 1.57. The smallest absolute Gasteiger partial charge is 0.383 e. The van der Waals surface area contributed by atoms with Gasteiger partial charge in [-0.1, -0.05) is 6.92 Å². The molecule has 1 amide bonds. The molecule has 1 fully saturated rings. The topological polar surface area (TPSA) is 103 Å². The molecule has 0 bridgehead atoms. The Morgan fingerprint density at radius 3 is 2.59 bits per heavy atom. The number of nitrogens with zero attached hydrogens (tertiary/aromatic N) is 6. The molecule has 0 spiro atoms. The summed E-state index contributed by atoms with van der Waals surface area (Å²) >= 11 is 0. The quantitative estimate of drug-likeness (QED) is 0.482. The van der Waals surface area contributed by atoms with Crippen molar-refractivity contribution in [2.45, 2.75) is 38.4 Å². The fraction of sp³-hybridized carbons (Fsp3) is 0.348. The summed E-state index contributed by atoms with van der Waals surface area (Å²) in [5, 5.41) is 0. The van der Waals surface area contributed by atoms with Crippen molar-refractivity contribution in [3.05, 3.63) is 42.5 Å². The number of hydrogen-bond donors (Lipinski definition) is 1. The van der Waals surface area contributed by atoms with Crippen LogP contribution in [-0.2, 0) is 11.0 Å². The third-order valence-electron chi connectivity index (χ3n) is 6.28. The van der Waals surface area contributed by atoms with Crippen LogP contribution in [0.4, 0.5) is 19.0 Å². The first kappa shape index (κ1) is 22.1. The van der Waals surface area contributed by atoms with Crippen LogP contribution in [0, 0.1) is 0 Å². The Kier molecular flexibility index (Phi) is 5.34. The molecule has 0 aromatic carbocycles. The van der Waals surface area contributed by atoms with Crippen LogP contribution < -0.4 is 5.73 Å². The summed E-state index contributed by atoms with van der Waals surface area (Å²) in [5.41, 5.74) is 7.56. The molecule has 2 N–H and O–H groups in total. The Morgan fingerprint density at radius 1 is 1.12 bits per heavy atom. The number of anilines is 1. The van der Waals surface area contributed by atoms with Gasteiger partial charge in [0.25, 0.3) is 0 Å². The number of likely N-dealkylation sites (tertiary alicyclic amines) is 1. The Bertz CT molecular complexity index is 1390. The number of pyridine rings is 3. The maximum atomic E-state index is 13.3. The van der Waals surface area contributed by atoms with Crippen molar-refractivity contribution in [1.29, 1.82) is 0 Å². The number of fused-ring (bicyclic) bond motifs is 3. The number of carbonyl (C=O) groups is 1. The van der Waals surface area contributed by atoms with E-state index in [4.69, 9.17) is 5.73 Å². The van der Waals surface area contributed by atoms with Gasteiger partial charge >= 0.3 is 6.18 Å². The monoisotopic (exact) mass is 469 g/mol. The Labute approximate surface area is 192 Å². The van der Waals surface area contributed by atoms with E-state index in [-0.39, 0.29) is 17.5 Å². The van der Waals surface area contributed by atoms with Gasteiger partial charge in [-0.2, -0.15) is 13.2 Å². The fourth-order valence-corrected chi connectivity index (χ4v) is 4.47. The summed E-state index contributed by atoms with van der Waals surface area (Å²) in [6, 6.07) is 4.42. The lowest BCUT2D eigenvalue weighted by molar-refractivity contribution is -0.137. The molecular weight excluding hydrogens is 447 g/mol. The van der Waals surface area contributed by atoms with Gasteiger partial charge in [-0.3, -0.25) is 9.78 Å². The van der Waals surface area contributed by atoms with E-state index < -0.39 is 17.6 Å². The summed E-state index contributed by atoms with van der Waals surface area (Å²) in [7, 11) is 0. The van der Waals surface area contributed by atoms with Crippen molar-refractivity contribution in [2.75, 3.05) is 18.8 Å². The number of alkyl halides is 3. The van der Waals surface area contributed by atoms with Crippen molar-refractivity contribution in [3.8, 4) is 11.3 Å². The molecule has 0 aliphatic carbocycles. The van der Waals surface area contributed by atoms with Gasteiger partial charge in [0.1, 0.15) is 16.9 Å².